The van der Waals surface area contributed by atoms with E-state index in [0.29, 0.717) is 35.4 Å². The topological polar surface area (TPSA) is 128 Å². The van der Waals surface area contributed by atoms with E-state index in [4.69, 9.17) is 5.84 Å². The molecule has 0 saturated carbocycles. The third-order valence-electron chi connectivity index (χ3n) is 4.78. The van der Waals surface area contributed by atoms with Crippen LogP contribution in [0.4, 0.5) is 17.3 Å². The Hall–Kier alpha value is -3.17. The summed E-state index contributed by atoms with van der Waals surface area (Å²) in [5.41, 5.74) is 4.06. The van der Waals surface area contributed by atoms with E-state index in [1.54, 1.807) is 6.07 Å². The third-order valence-corrected chi connectivity index (χ3v) is 4.78. The number of aromatic nitrogens is 3. The van der Waals surface area contributed by atoms with Gasteiger partial charge in [-0.15, -0.1) is 10.2 Å². The van der Waals surface area contributed by atoms with Gasteiger partial charge in [-0.1, -0.05) is 19.9 Å². The lowest BCUT2D eigenvalue weighted by atomic mass is 9.98. The molecule has 1 aliphatic rings. The first-order valence-corrected chi connectivity index (χ1v) is 9.01. The summed E-state index contributed by atoms with van der Waals surface area (Å²) < 4.78 is 1.32. The van der Waals surface area contributed by atoms with Crippen molar-refractivity contribution in [3.63, 3.8) is 0 Å². The van der Waals surface area contributed by atoms with Gasteiger partial charge in [0.05, 0.1) is 11.1 Å². The fraction of sp³-hybridized carbons (Fsp3) is 0.471. The monoisotopic (exact) mass is 372 g/mol. The van der Waals surface area contributed by atoms with Gasteiger partial charge in [-0.3, -0.25) is 10.1 Å². The molecule has 1 aromatic carbocycles. The van der Waals surface area contributed by atoms with Crippen LogP contribution in [0.1, 0.15) is 38.1 Å². The summed E-state index contributed by atoms with van der Waals surface area (Å²) in [7, 11) is 0. The molecule has 1 fully saturated rings. The molecule has 0 bridgehead atoms. The molecule has 10 heteroatoms. The molecule has 144 valence electrons. The number of aryl methyl sites for hydroxylation is 1. The highest BCUT2D eigenvalue weighted by Crippen LogP contribution is 2.32. The van der Waals surface area contributed by atoms with E-state index in [1.807, 2.05) is 13.0 Å². The highest BCUT2D eigenvalue weighted by molar-refractivity contribution is 5.83. The minimum Gasteiger partial charge on any atom is -0.366 e. The van der Waals surface area contributed by atoms with Gasteiger partial charge in [-0.25, -0.2) is 10.1 Å². The van der Waals surface area contributed by atoms with Gasteiger partial charge >= 0.3 is 0 Å². The zero-order valence-corrected chi connectivity index (χ0v) is 15.5. The molecular weight excluding hydrogens is 348 g/mol. The lowest BCUT2D eigenvalue weighted by Crippen LogP contribution is -2.33. The summed E-state index contributed by atoms with van der Waals surface area (Å²) in [5, 5.41) is 23.4. The molecule has 0 unspecified atom stereocenters. The van der Waals surface area contributed by atoms with Crippen LogP contribution in [0.3, 0.4) is 0 Å². The van der Waals surface area contributed by atoms with Gasteiger partial charge in [-0.05, 0) is 24.8 Å². The van der Waals surface area contributed by atoms with Crippen molar-refractivity contribution in [3.05, 3.63) is 39.7 Å². The summed E-state index contributed by atoms with van der Waals surface area (Å²) in [6.07, 6.45) is 4.24. The Bertz CT molecular complexity index is 839. The van der Waals surface area contributed by atoms with Crippen molar-refractivity contribution in [2.45, 2.75) is 33.1 Å². The molecule has 0 aliphatic carbocycles. The number of rotatable bonds is 6. The van der Waals surface area contributed by atoms with Crippen LogP contribution in [0.15, 0.2) is 23.3 Å². The standard InChI is InChI=1S/C17H24N8O2/c1-3-16-20-22-17(24(16)18)21-19-11-13-4-5-14(15(10-13)25(26)27)23-8-6-12(2)7-9-23/h4-5,10-12H,3,6-9,18H2,1-2H3,(H,21,22)/b19-11-. The number of anilines is 2. The van der Waals surface area contributed by atoms with Crippen molar-refractivity contribution in [2.75, 3.05) is 29.3 Å². The van der Waals surface area contributed by atoms with Gasteiger partial charge < -0.3 is 10.7 Å². The Morgan fingerprint density at radius 2 is 2.15 bits per heavy atom. The predicted molar refractivity (Wildman–Crippen MR) is 104 cm³/mol. The second kappa shape index (κ2) is 8.02. The van der Waals surface area contributed by atoms with Crippen molar-refractivity contribution >= 4 is 23.5 Å². The van der Waals surface area contributed by atoms with E-state index in [2.05, 4.69) is 32.5 Å². The van der Waals surface area contributed by atoms with E-state index >= 15 is 0 Å². The molecule has 3 rings (SSSR count). The fourth-order valence-corrected chi connectivity index (χ4v) is 3.09. The van der Waals surface area contributed by atoms with Gasteiger partial charge in [-0.2, -0.15) is 5.10 Å². The second-order valence-corrected chi connectivity index (χ2v) is 6.71. The van der Waals surface area contributed by atoms with Crippen molar-refractivity contribution in [2.24, 2.45) is 11.0 Å². The molecular formula is C17H24N8O2. The fourth-order valence-electron chi connectivity index (χ4n) is 3.09. The van der Waals surface area contributed by atoms with Gasteiger partial charge in [0.2, 0.25) is 0 Å². The number of nitrogens with two attached hydrogens (primary N) is 1. The Morgan fingerprint density at radius 3 is 2.78 bits per heavy atom. The number of hydrogen-bond acceptors (Lipinski definition) is 8. The van der Waals surface area contributed by atoms with Crippen LogP contribution < -0.4 is 16.2 Å². The van der Waals surface area contributed by atoms with E-state index < -0.39 is 0 Å². The van der Waals surface area contributed by atoms with E-state index in [0.717, 1.165) is 25.9 Å². The smallest absolute Gasteiger partial charge is 0.293 e. The predicted octanol–water partition coefficient (Wildman–Crippen LogP) is 2.14. The van der Waals surface area contributed by atoms with Crippen LogP contribution in [0.2, 0.25) is 0 Å². The van der Waals surface area contributed by atoms with Gasteiger partial charge in [0.15, 0.2) is 5.82 Å². The molecule has 0 spiro atoms. The lowest BCUT2D eigenvalue weighted by molar-refractivity contribution is -0.384. The molecule has 2 aromatic rings. The summed E-state index contributed by atoms with van der Waals surface area (Å²) in [5.74, 6) is 7.42. The summed E-state index contributed by atoms with van der Waals surface area (Å²) in [6, 6.07) is 5.13. The summed E-state index contributed by atoms with van der Waals surface area (Å²) in [6.45, 7) is 5.81. The summed E-state index contributed by atoms with van der Waals surface area (Å²) >= 11 is 0. The zero-order valence-electron chi connectivity index (χ0n) is 15.5. The SMILES string of the molecule is CCc1nnc(N/N=C\c2ccc(N3CCC(C)CC3)c([N+](=O)[O-])c2)n1N. The van der Waals surface area contributed by atoms with Crippen LogP contribution in [0.25, 0.3) is 0 Å². The quantitative estimate of drug-likeness (QED) is 0.344. The number of benzene rings is 1. The maximum Gasteiger partial charge on any atom is 0.293 e. The number of nitro benzene ring substituents is 1. The highest BCUT2D eigenvalue weighted by Gasteiger charge is 2.23. The molecule has 0 atom stereocenters. The van der Waals surface area contributed by atoms with Crippen molar-refractivity contribution < 1.29 is 4.92 Å². The third kappa shape index (κ3) is 4.15. The molecule has 27 heavy (non-hydrogen) atoms. The van der Waals surface area contributed by atoms with E-state index in [9.17, 15) is 10.1 Å². The minimum atomic E-state index is -0.345. The Kier molecular flexibility index (Phi) is 5.53. The first-order chi connectivity index (χ1) is 13.0. The van der Waals surface area contributed by atoms with Crippen LogP contribution in [0, 0.1) is 16.0 Å². The van der Waals surface area contributed by atoms with Crippen LogP contribution in [-0.2, 0) is 6.42 Å². The number of nitrogens with zero attached hydrogens (tertiary/aromatic N) is 6. The second-order valence-electron chi connectivity index (χ2n) is 6.71. The highest BCUT2D eigenvalue weighted by atomic mass is 16.6. The largest absolute Gasteiger partial charge is 0.366 e. The average Bonchev–Trinajstić information content (AvgIpc) is 3.02. The maximum absolute atomic E-state index is 11.5. The maximum atomic E-state index is 11.5. The summed E-state index contributed by atoms with van der Waals surface area (Å²) in [4.78, 5) is 13.3. The normalized spacial score (nSPS) is 15.4. The van der Waals surface area contributed by atoms with Crippen molar-refractivity contribution in [3.8, 4) is 0 Å². The van der Waals surface area contributed by atoms with Gasteiger partial charge in [0, 0.05) is 31.1 Å². The number of nitro groups is 1. The Balaban J connectivity index is 1.75. The van der Waals surface area contributed by atoms with Crippen LogP contribution >= 0.6 is 0 Å². The molecule has 2 heterocycles. The van der Waals surface area contributed by atoms with Gasteiger partial charge in [0.1, 0.15) is 5.69 Å². The average molecular weight is 372 g/mol. The van der Waals surface area contributed by atoms with Crippen molar-refractivity contribution in [1.82, 2.24) is 14.9 Å². The molecule has 1 aliphatic heterocycles. The first kappa shape index (κ1) is 18.6. The molecule has 3 N–H and O–H groups in total. The zero-order chi connectivity index (χ0) is 19.4. The van der Waals surface area contributed by atoms with E-state index in [1.165, 1.54) is 17.0 Å². The number of nitrogen functional groups attached to an aromatic ring is 1. The molecule has 1 saturated heterocycles. The minimum absolute atomic E-state index is 0.0868. The molecule has 0 amide bonds. The molecule has 10 nitrogen and oxygen atoms in total. The van der Waals surface area contributed by atoms with Gasteiger partial charge in [0.25, 0.3) is 11.6 Å². The molecule has 0 radical (unpaired) electrons. The number of hydrogen-bond donors (Lipinski definition) is 2. The van der Waals surface area contributed by atoms with Crippen LogP contribution in [0.5, 0.6) is 0 Å². The first-order valence-electron chi connectivity index (χ1n) is 9.01. The Morgan fingerprint density at radius 1 is 1.41 bits per heavy atom. The van der Waals surface area contributed by atoms with E-state index in [-0.39, 0.29) is 10.6 Å². The number of hydrazone groups is 1. The Labute approximate surface area is 157 Å². The van der Waals surface area contributed by atoms with Crippen molar-refractivity contribution in [1.29, 1.82) is 0 Å². The van der Waals surface area contributed by atoms with Crippen LogP contribution in [-0.4, -0.2) is 39.1 Å². The lowest BCUT2D eigenvalue weighted by Gasteiger charge is -2.31. The number of nitrogens with one attached hydrogen (secondary N) is 1. The molecule has 1 aromatic heterocycles. The number of piperidine rings is 1.